The molecule has 6 nitrogen and oxygen atoms in total. The molecule has 26 heavy (non-hydrogen) atoms. The molecule has 2 aromatic carbocycles. The van der Waals surface area contributed by atoms with Crippen LogP contribution in [0.2, 0.25) is 0 Å². The highest BCUT2D eigenvalue weighted by molar-refractivity contribution is 9.10. The molecule has 0 aliphatic rings. The fourth-order valence-corrected chi connectivity index (χ4v) is 4.34. The standard InChI is InChI=1S/C17H13BrN2O4S2/c18-13-6-8-14(9-7-13)24-10-15(21)20-26(22,23)16-11-25-17(19-16)12-4-2-1-3-5-12/h1-9,11H,10H2,(H,20,21). The summed E-state index contributed by atoms with van der Waals surface area (Å²) < 4.78 is 32.7. The number of benzene rings is 2. The first kappa shape index (κ1) is 18.6. The van der Waals surface area contributed by atoms with Crippen LogP contribution >= 0.6 is 27.3 Å². The molecule has 0 radical (unpaired) electrons. The number of hydrogen-bond donors (Lipinski definition) is 1. The Labute approximate surface area is 163 Å². The van der Waals surface area contributed by atoms with Gasteiger partial charge in [-0.3, -0.25) is 4.79 Å². The predicted molar refractivity (Wildman–Crippen MR) is 103 cm³/mol. The molecule has 0 aliphatic heterocycles. The number of hydrogen-bond acceptors (Lipinski definition) is 6. The third-order valence-electron chi connectivity index (χ3n) is 3.21. The highest BCUT2D eigenvalue weighted by Crippen LogP contribution is 2.25. The molecule has 0 unspecified atom stereocenters. The molecule has 3 rings (SSSR count). The summed E-state index contributed by atoms with van der Waals surface area (Å²) in [6.45, 7) is -0.420. The van der Waals surface area contributed by atoms with Crippen LogP contribution in [0.5, 0.6) is 5.75 Å². The molecule has 0 saturated carbocycles. The van der Waals surface area contributed by atoms with E-state index in [9.17, 15) is 13.2 Å². The quantitative estimate of drug-likeness (QED) is 0.618. The van der Waals surface area contributed by atoms with Crippen molar-refractivity contribution in [3.8, 4) is 16.3 Å². The van der Waals surface area contributed by atoms with Crippen molar-refractivity contribution in [2.24, 2.45) is 0 Å². The molecule has 1 amide bonds. The van der Waals surface area contributed by atoms with E-state index in [1.54, 1.807) is 24.3 Å². The second kappa shape index (κ2) is 7.98. The Morgan fingerprint density at radius 1 is 1.12 bits per heavy atom. The molecule has 1 heterocycles. The van der Waals surface area contributed by atoms with Crippen molar-refractivity contribution in [3.05, 3.63) is 64.5 Å². The maximum absolute atomic E-state index is 12.3. The molecular weight excluding hydrogens is 440 g/mol. The molecule has 0 saturated heterocycles. The molecule has 0 atom stereocenters. The van der Waals surface area contributed by atoms with E-state index in [1.165, 1.54) is 16.7 Å². The van der Waals surface area contributed by atoms with Crippen LogP contribution in [0, 0.1) is 0 Å². The summed E-state index contributed by atoms with van der Waals surface area (Å²) >= 11 is 4.48. The number of nitrogens with zero attached hydrogens (tertiary/aromatic N) is 1. The van der Waals surface area contributed by atoms with Crippen molar-refractivity contribution in [1.29, 1.82) is 0 Å². The van der Waals surface area contributed by atoms with Gasteiger partial charge in [0.05, 0.1) is 0 Å². The van der Waals surface area contributed by atoms with Gasteiger partial charge in [-0.1, -0.05) is 46.3 Å². The van der Waals surface area contributed by atoms with Gasteiger partial charge >= 0.3 is 0 Å². The van der Waals surface area contributed by atoms with Crippen LogP contribution in [0.3, 0.4) is 0 Å². The zero-order chi connectivity index (χ0) is 18.6. The lowest BCUT2D eigenvalue weighted by Gasteiger charge is -2.07. The second-order valence-corrected chi connectivity index (χ2v) is 8.53. The highest BCUT2D eigenvalue weighted by atomic mass is 79.9. The Morgan fingerprint density at radius 2 is 1.81 bits per heavy atom. The van der Waals surface area contributed by atoms with Crippen LogP contribution in [0.25, 0.3) is 10.6 Å². The summed E-state index contributed by atoms with van der Waals surface area (Å²) in [6, 6.07) is 16.0. The number of sulfonamides is 1. The van der Waals surface area contributed by atoms with Gasteiger partial charge < -0.3 is 4.74 Å². The second-order valence-electron chi connectivity index (χ2n) is 5.13. The molecule has 134 valence electrons. The molecule has 0 bridgehead atoms. The third kappa shape index (κ3) is 4.69. The molecule has 0 spiro atoms. The van der Waals surface area contributed by atoms with Crippen molar-refractivity contribution in [2.75, 3.05) is 6.61 Å². The molecule has 0 fully saturated rings. The van der Waals surface area contributed by atoms with Gasteiger partial charge in [-0.05, 0) is 24.3 Å². The molecular formula is C17H13BrN2O4S2. The number of halogens is 1. The Hall–Kier alpha value is -2.23. The summed E-state index contributed by atoms with van der Waals surface area (Å²) in [4.78, 5) is 16.0. The van der Waals surface area contributed by atoms with Gasteiger partial charge in [0.2, 0.25) is 0 Å². The maximum atomic E-state index is 12.3. The van der Waals surface area contributed by atoms with E-state index < -0.39 is 22.5 Å². The van der Waals surface area contributed by atoms with Crippen molar-refractivity contribution >= 4 is 43.2 Å². The predicted octanol–water partition coefficient (Wildman–Crippen LogP) is 3.46. The van der Waals surface area contributed by atoms with E-state index in [2.05, 4.69) is 20.9 Å². The van der Waals surface area contributed by atoms with Crippen LogP contribution in [-0.4, -0.2) is 25.9 Å². The first-order valence-electron chi connectivity index (χ1n) is 7.39. The van der Waals surface area contributed by atoms with Gasteiger partial charge in [0.15, 0.2) is 11.6 Å². The lowest BCUT2D eigenvalue weighted by atomic mass is 10.2. The van der Waals surface area contributed by atoms with E-state index in [-0.39, 0.29) is 5.03 Å². The smallest absolute Gasteiger partial charge is 0.282 e. The topological polar surface area (TPSA) is 85.4 Å². The minimum atomic E-state index is -4.05. The van der Waals surface area contributed by atoms with Crippen molar-refractivity contribution in [2.45, 2.75) is 5.03 Å². The van der Waals surface area contributed by atoms with Gasteiger partial charge in [0, 0.05) is 15.4 Å². The highest BCUT2D eigenvalue weighted by Gasteiger charge is 2.21. The first-order chi connectivity index (χ1) is 12.4. The van der Waals surface area contributed by atoms with E-state index in [1.807, 2.05) is 35.1 Å². The van der Waals surface area contributed by atoms with Crippen LogP contribution in [0.15, 0.2) is 69.5 Å². The minimum Gasteiger partial charge on any atom is -0.484 e. The number of thiazole rings is 1. The van der Waals surface area contributed by atoms with Crippen molar-refractivity contribution in [1.82, 2.24) is 9.71 Å². The third-order valence-corrected chi connectivity index (χ3v) is 6.04. The molecule has 0 aliphatic carbocycles. The number of aromatic nitrogens is 1. The normalized spacial score (nSPS) is 11.1. The SMILES string of the molecule is O=C(COc1ccc(Br)cc1)NS(=O)(=O)c1csc(-c2ccccc2)n1. The number of rotatable bonds is 6. The summed E-state index contributed by atoms with van der Waals surface area (Å²) in [5.74, 6) is -0.317. The Balaban J connectivity index is 1.64. The van der Waals surface area contributed by atoms with Gasteiger partial charge in [0.25, 0.3) is 15.9 Å². The van der Waals surface area contributed by atoms with Crippen molar-refractivity contribution < 1.29 is 17.9 Å². The zero-order valence-electron chi connectivity index (χ0n) is 13.3. The van der Waals surface area contributed by atoms with Crippen LogP contribution in [0.4, 0.5) is 0 Å². The lowest BCUT2D eigenvalue weighted by Crippen LogP contribution is -2.34. The summed E-state index contributed by atoms with van der Waals surface area (Å²) in [7, 11) is -4.05. The number of ether oxygens (including phenoxy) is 1. The van der Waals surface area contributed by atoms with Gasteiger partial charge in [-0.25, -0.2) is 9.71 Å². The average Bonchev–Trinajstić information content (AvgIpc) is 3.13. The fourth-order valence-electron chi connectivity index (χ4n) is 2.01. The molecule has 3 aromatic rings. The Bertz CT molecular complexity index is 1000. The Morgan fingerprint density at radius 3 is 2.50 bits per heavy atom. The summed E-state index contributed by atoms with van der Waals surface area (Å²) in [5, 5.41) is 1.76. The van der Waals surface area contributed by atoms with Gasteiger partial charge in [-0.15, -0.1) is 11.3 Å². The van der Waals surface area contributed by atoms with E-state index in [0.29, 0.717) is 10.8 Å². The first-order valence-corrected chi connectivity index (χ1v) is 10.5. The lowest BCUT2D eigenvalue weighted by molar-refractivity contribution is -0.121. The molecule has 1 aromatic heterocycles. The number of carbonyl (C=O) groups excluding carboxylic acids is 1. The zero-order valence-corrected chi connectivity index (χ0v) is 16.5. The maximum Gasteiger partial charge on any atom is 0.282 e. The van der Waals surface area contributed by atoms with Crippen LogP contribution < -0.4 is 9.46 Å². The van der Waals surface area contributed by atoms with Crippen LogP contribution in [0.1, 0.15) is 0 Å². The number of carbonyl (C=O) groups is 1. The van der Waals surface area contributed by atoms with Gasteiger partial charge in [0.1, 0.15) is 10.8 Å². The summed E-state index contributed by atoms with van der Waals surface area (Å²) in [5.41, 5.74) is 0.809. The van der Waals surface area contributed by atoms with Gasteiger partial charge in [-0.2, -0.15) is 8.42 Å². The van der Waals surface area contributed by atoms with E-state index in [4.69, 9.17) is 4.74 Å². The van der Waals surface area contributed by atoms with Crippen LogP contribution in [-0.2, 0) is 14.8 Å². The summed E-state index contributed by atoms with van der Waals surface area (Å²) in [6.07, 6.45) is 0. The molecule has 9 heteroatoms. The number of amides is 1. The largest absolute Gasteiger partial charge is 0.484 e. The van der Waals surface area contributed by atoms with E-state index >= 15 is 0 Å². The van der Waals surface area contributed by atoms with Crippen molar-refractivity contribution in [3.63, 3.8) is 0 Å². The average molecular weight is 453 g/mol. The fraction of sp³-hybridized carbons (Fsp3) is 0.0588. The van der Waals surface area contributed by atoms with E-state index in [0.717, 1.165) is 10.0 Å². The number of nitrogens with one attached hydrogen (secondary N) is 1. The minimum absolute atomic E-state index is 0.196. The Kier molecular flexibility index (Phi) is 5.70. The molecule has 1 N–H and O–H groups in total. The monoisotopic (exact) mass is 452 g/mol.